The molecule has 3 rings (SSSR count). The Morgan fingerprint density at radius 3 is 2.74 bits per heavy atom. The summed E-state index contributed by atoms with van der Waals surface area (Å²) in [6, 6.07) is -0.0458. The smallest absolute Gasteiger partial charge is 0.152 e. The predicted molar refractivity (Wildman–Crippen MR) is 73.7 cm³/mol. The van der Waals surface area contributed by atoms with E-state index in [0.29, 0.717) is 12.2 Å². The van der Waals surface area contributed by atoms with Gasteiger partial charge < -0.3 is 10.3 Å². The lowest BCUT2D eigenvalue weighted by molar-refractivity contribution is 0.557. The summed E-state index contributed by atoms with van der Waals surface area (Å²) in [7, 11) is -2.93. The van der Waals surface area contributed by atoms with E-state index < -0.39 is 9.84 Å². The average molecular weight is 280 g/mol. The van der Waals surface area contributed by atoms with E-state index in [1.54, 1.807) is 0 Å². The predicted octanol–water partition coefficient (Wildman–Crippen LogP) is 0.990. The quantitative estimate of drug-likeness (QED) is 0.841. The van der Waals surface area contributed by atoms with Crippen LogP contribution < -0.4 is 5.73 Å². The molecule has 0 bridgehead atoms. The first-order chi connectivity index (χ1) is 8.91. The highest BCUT2D eigenvalue weighted by molar-refractivity contribution is 7.91. The molecule has 1 unspecified atom stereocenters. The molecule has 1 saturated heterocycles. The molecule has 0 saturated carbocycles. The number of rotatable bonds is 1. The highest BCUT2D eigenvalue weighted by Gasteiger charge is 2.32. The Bertz CT molecular complexity index is 764. The van der Waals surface area contributed by atoms with Gasteiger partial charge in [0.25, 0.3) is 0 Å². The zero-order valence-electron chi connectivity index (χ0n) is 10.9. The number of fused-ring (bicyclic) bond motifs is 1. The van der Waals surface area contributed by atoms with Crippen LogP contribution >= 0.6 is 0 Å². The van der Waals surface area contributed by atoms with Gasteiger partial charge in [0.05, 0.1) is 22.9 Å². The van der Waals surface area contributed by atoms with Gasteiger partial charge in [0.2, 0.25) is 0 Å². The van der Waals surface area contributed by atoms with Crippen molar-refractivity contribution in [1.82, 2.24) is 14.5 Å². The van der Waals surface area contributed by atoms with Gasteiger partial charge in [-0.3, -0.25) is 0 Å². The number of hydrogen-bond donors (Lipinski definition) is 1. The second kappa shape index (κ2) is 3.93. The standard InChI is InChI=1S/C12H16N4O2S/c1-7-8(2)16(9-3-4-19(17,18)5-9)12-10(7)11(13)14-6-15-12/h6,9H,3-5H2,1-2H3,(H2,13,14,15). The maximum atomic E-state index is 11.7. The molecular formula is C12H16N4O2S. The third kappa shape index (κ3) is 1.80. The molecule has 2 aromatic rings. The van der Waals surface area contributed by atoms with Gasteiger partial charge in [0.15, 0.2) is 9.84 Å². The van der Waals surface area contributed by atoms with Gasteiger partial charge >= 0.3 is 0 Å². The summed E-state index contributed by atoms with van der Waals surface area (Å²) in [5.74, 6) is 0.877. The molecule has 102 valence electrons. The van der Waals surface area contributed by atoms with Crippen molar-refractivity contribution in [3.05, 3.63) is 17.6 Å². The summed E-state index contributed by atoms with van der Waals surface area (Å²) in [5, 5.41) is 0.837. The number of nitrogens with zero attached hydrogens (tertiary/aromatic N) is 3. The van der Waals surface area contributed by atoms with Crippen molar-refractivity contribution in [3.8, 4) is 0 Å². The highest BCUT2D eigenvalue weighted by Crippen LogP contribution is 2.33. The summed E-state index contributed by atoms with van der Waals surface area (Å²) in [6.45, 7) is 3.94. The molecule has 1 atom stereocenters. The summed E-state index contributed by atoms with van der Waals surface area (Å²) in [4.78, 5) is 8.31. The summed E-state index contributed by atoms with van der Waals surface area (Å²) >= 11 is 0. The normalized spacial score (nSPS) is 22.1. The SMILES string of the molecule is Cc1c(C)n(C2CCS(=O)(=O)C2)c2ncnc(N)c12. The lowest BCUT2D eigenvalue weighted by Crippen LogP contribution is -2.13. The number of aryl methyl sites for hydroxylation is 1. The van der Waals surface area contributed by atoms with Crippen LogP contribution in [0, 0.1) is 13.8 Å². The first-order valence-corrected chi connectivity index (χ1v) is 8.01. The van der Waals surface area contributed by atoms with E-state index in [4.69, 9.17) is 5.73 Å². The largest absolute Gasteiger partial charge is 0.383 e. The van der Waals surface area contributed by atoms with Crippen LogP contribution in [-0.2, 0) is 9.84 Å². The molecule has 6 nitrogen and oxygen atoms in total. The van der Waals surface area contributed by atoms with Crippen LogP contribution in [-0.4, -0.2) is 34.5 Å². The second-order valence-electron chi connectivity index (χ2n) is 5.09. The first kappa shape index (κ1) is 12.4. The van der Waals surface area contributed by atoms with Gasteiger partial charge in [0.1, 0.15) is 17.8 Å². The van der Waals surface area contributed by atoms with Crippen molar-refractivity contribution in [2.75, 3.05) is 17.2 Å². The van der Waals surface area contributed by atoms with Gasteiger partial charge in [-0.1, -0.05) is 0 Å². The van der Waals surface area contributed by atoms with Crippen molar-refractivity contribution in [1.29, 1.82) is 0 Å². The van der Waals surface area contributed by atoms with Crippen LogP contribution in [0.15, 0.2) is 6.33 Å². The fraction of sp³-hybridized carbons (Fsp3) is 0.500. The maximum absolute atomic E-state index is 11.7. The van der Waals surface area contributed by atoms with Gasteiger partial charge in [-0.2, -0.15) is 0 Å². The minimum Gasteiger partial charge on any atom is -0.383 e. The van der Waals surface area contributed by atoms with Crippen molar-refractivity contribution in [2.24, 2.45) is 0 Å². The second-order valence-corrected chi connectivity index (χ2v) is 7.32. The number of nitrogens with two attached hydrogens (primary N) is 1. The van der Waals surface area contributed by atoms with E-state index in [1.165, 1.54) is 6.33 Å². The van der Waals surface area contributed by atoms with E-state index in [9.17, 15) is 8.42 Å². The minimum atomic E-state index is -2.93. The third-order valence-electron chi connectivity index (χ3n) is 3.94. The fourth-order valence-corrected chi connectivity index (χ4v) is 4.58. The van der Waals surface area contributed by atoms with Crippen LogP contribution in [0.5, 0.6) is 0 Å². The van der Waals surface area contributed by atoms with Gasteiger partial charge in [0, 0.05) is 5.69 Å². The molecule has 3 heterocycles. The molecule has 2 aromatic heterocycles. The Morgan fingerprint density at radius 1 is 1.37 bits per heavy atom. The zero-order chi connectivity index (χ0) is 13.8. The van der Waals surface area contributed by atoms with Crippen LogP contribution in [0.1, 0.15) is 23.7 Å². The Kier molecular flexibility index (Phi) is 2.57. The van der Waals surface area contributed by atoms with Crippen LogP contribution in [0.4, 0.5) is 5.82 Å². The maximum Gasteiger partial charge on any atom is 0.152 e. The molecule has 0 aliphatic carbocycles. The van der Waals surface area contributed by atoms with Gasteiger partial charge in [-0.25, -0.2) is 18.4 Å². The Balaban J connectivity index is 2.25. The number of anilines is 1. The monoisotopic (exact) mass is 280 g/mol. The summed E-state index contributed by atoms with van der Waals surface area (Å²) in [6.07, 6.45) is 2.06. The molecule has 1 aliphatic heterocycles. The van der Waals surface area contributed by atoms with Crippen molar-refractivity contribution in [2.45, 2.75) is 26.3 Å². The third-order valence-corrected chi connectivity index (χ3v) is 5.69. The average Bonchev–Trinajstić information content (AvgIpc) is 2.80. The molecule has 0 aromatic carbocycles. The van der Waals surface area contributed by atoms with E-state index in [-0.39, 0.29) is 17.5 Å². The lowest BCUT2D eigenvalue weighted by Gasteiger charge is -2.14. The Morgan fingerprint density at radius 2 is 2.11 bits per heavy atom. The number of aromatic nitrogens is 3. The highest BCUT2D eigenvalue weighted by atomic mass is 32.2. The minimum absolute atomic E-state index is 0.0458. The molecule has 0 amide bonds. The van der Waals surface area contributed by atoms with Crippen LogP contribution in [0.25, 0.3) is 11.0 Å². The summed E-state index contributed by atoms with van der Waals surface area (Å²) in [5.41, 5.74) is 8.69. The number of nitrogen functional groups attached to an aromatic ring is 1. The molecular weight excluding hydrogens is 264 g/mol. The molecule has 1 fully saturated rings. The van der Waals surface area contributed by atoms with Gasteiger partial charge in [-0.05, 0) is 25.8 Å². The zero-order valence-corrected chi connectivity index (χ0v) is 11.7. The summed E-state index contributed by atoms with van der Waals surface area (Å²) < 4.78 is 25.3. The topological polar surface area (TPSA) is 90.9 Å². The fourth-order valence-electron chi connectivity index (χ4n) is 2.88. The molecule has 19 heavy (non-hydrogen) atoms. The molecule has 2 N–H and O–H groups in total. The Labute approximate surface area is 111 Å². The Hall–Kier alpha value is -1.63. The first-order valence-electron chi connectivity index (χ1n) is 6.18. The number of hydrogen-bond acceptors (Lipinski definition) is 5. The molecule has 0 spiro atoms. The van der Waals surface area contributed by atoms with Crippen molar-refractivity contribution in [3.63, 3.8) is 0 Å². The van der Waals surface area contributed by atoms with Crippen molar-refractivity contribution >= 4 is 26.7 Å². The van der Waals surface area contributed by atoms with E-state index in [0.717, 1.165) is 22.3 Å². The van der Waals surface area contributed by atoms with E-state index in [1.807, 2.05) is 18.4 Å². The van der Waals surface area contributed by atoms with Crippen molar-refractivity contribution < 1.29 is 8.42 Å². The molecule has 1 aliphatic rings. The molecule has 0 radical (unpaired) electrons. The van der Waals surface area contributed by atoms with Crippen LogP contribution in [0.2, 0.25) is 0 Å². The lowest BCUT2D eigenvalue weighted by atomic mass is 10.2. The van der Waals surface area contributed by atoms with Gasteiger partial charge in [-0.15, -0.1) is 0 Å². The molecule has 7 heteroatoms. The number of sulfone groups is 1. The van der Waals surface area contributed by atoms with E-state index in [2.05, 4.69) is 9.97 Å². The van der Waals surface area contributed by atoms with Crippen LogP contribution in [0.3, 0.4) is 0 Å². The van der Waals surface area contributed by atoms with E-state index >= 15 is 0 Å².